The number of carbonyl (C=O) groups is 2. The Bertz CT molecular complexity index is 286. The molecule has 0 aromatic heterocycles. The van der Waals surface area contributed by atoms with Gasteiger partial charge in [-0.1, -0.05) is 0 Å². The van der Waals surface area contributed by atoms with E-state index in [1.54, 1.807) is 6.92 Å². The van der Waals surface area contributed by atoms with Gasteiger partial charge in [0.05, 0.1) is 0 Å². The molecule has 0 aromatic rings. The summed E-state index contributed by atoms with van der Waals surface area (Å²) in [4.78, 5) is 23.2. The number of nitrogens with zero attached hydrogens (tertiary/aromatic N) is 2. The SMILES string of the molecule is CC1=CN(C(=O)O)C(C)N1C(=O)O. The Kier molecular flexibility index (Phi) is 2.14. The second-order valence-electron chi connectivity index (χ2n) is 2.74. The fourth-order valence-electron chi connectivity index (χ4n) is 1.32. The number of hydrogen-bond donors (Lipinski definition) is 2. The normalized spacial score (nSPS) is 21.7. The molecule has 0 saturated carbocycles. The molecular weight excluding hydrogens is 176 g/mol. The van der Waals surface area contributed by atoms with Gasteiger partial charge in [0.15, 0.2) is 0 Å². The van der Waals surface area contributed by atoms with Gasteiger partial charge < -0.3 is 10.2 Å². The minimum Gasteiger partial charge on any atom is -0.465 e. The van der Waals surface area contributed by atoms with Crippen molar-refractivity contribution in [1.29, 1.82) is 0 Å². The molecule has 1 aliphatic heterocycles. The zero-order valence-corrected chi connectivity index (χ0v) is 7.26. The molecule has 0 saturated heterocycles. The highest BCUT2D eigenvalue weighted by molar-refractivity contribution is 5.73. The number of allylic oxidation sites excluding steroid dienone is 1. The maximum atomic E-state index is 10.7. The third-order valence-electron chi connectivity index (χ3n) is 1.91. The van der Waals surface area contributed by atoms with Crippen LogP contribution in [0.5, 0.6) is 0 Å². The summed E-state index contributed by atoms with van der Waals surface area (Å²) in [6.45, 7) is 3.06. The second kappa shape index (κ2) is 2.96. The number of amides is 2. The lowest BCUT2D eigenvalue weighted by atomic mass is 10.4. The van der Waals surface area contributed by atoms with Crippen molar-refractivity contribution in [3.63, 3.8) is 0 Å². The number of carboxylic acid groups (broad SMARTS) is 2. The average molecular weight is 186 g/mol. The van der Waals surface area contributed by atoms with Crippen LogP contribution < -0.4 is 0 Å². The highest BCUT2D eigenvalue weighted by atomic mass is 16.4. The van der Waals surface area contributed by atoms with Crippen LogP contribution in [0.2, 0.25) is 0 Å². The van der Waals surface area contributed by atoms with E-state index < -0.39 is 18.4 Å². The van der Waals surface area contributed by atoms with Gasteiger partial charge in [0.2, 0.25) is 0 Å². The van der Waals surface area contributed by atoms with Crippen LogP contribution in [-0.4, -0.2) is 38.4 Å². The highest BCUT2D eigenvalue weighted by Gasteiger charge is 2.34. The summed E-state index contributed by atoms with van der Waals surface area (Å²) in [7, 11) is 0. The van der Waals surface area contributed by atoms with Crippen molar-refractivity contribution < 1.29 is 19.8 Å². The van der Waals surface area contributed by atoms with Gasteiger partial charge in [0, 0.05) is 11.9 Å². The van der Waals surface area contributed by atoms with E-state index in [-0.39, 0.29) is 0 Å². The zero-order chi connectivity index (χ0) is 10.2. The molecule has 0 radical (unpaired) electrons. The molecule has 2 amide bonds. The molecule has 2 N–H and O–H groups in total. The lowest BCUT2D eigenvalue weighted by molar-refractivity contribution is 0.107. The minimum atomic E-state index is -1.16. The van der Waals surface area contributed by atoms with Crippen LogP contribution in [0, 0.1) is 0 Å². The fraction of sp³-hybridized carbons (Fsp3) is 0.429. The molecule has 1 unspecified atom stereocenters. The molecular formula is C7H10N2O4. The van der Waals surface area contributed by atoms with E-state index in [2.05, 4.69) is 0 Å². The van der Waals surface area contributed by atoms with Crippen LogP contribution in [0.25, 0.3) is 0 Å². The number of rotatable bonds is 0. The van der Waals surface area contributed by atoms with Crippen LogP contribution in [0.4, 0.5) is 9.59 Å². The van der Waals surface area contributed by atoms with Gasteiger partial charge >= 0.3 is 12.2 Å². The van der Waals surface area contributed by atoms with Crippen molar-refractivity contribution in [2.75, 3.05) is 0 Å². The first kappa shape index (κ1) is 9.37. The fourth-order valence-corrected chi connectivity index (χ4v) is 1.32. The van der Waals surface area contributed by atoms with E-state index in [0.717, 1.165) is 9.80 Å². The Morgan fingerprint density at radius 1 is 1.38 bits per heavy atom. The maximum absolute atomic E-state index is 10.7. The summed E-state index contributed by atoms with van der Waals surface area (Å²) in [6, 6.07) is 0. The molecule has 1 aliphatic rings. The predicted octanol–water partition coefficient (Wildman–Crippen LogP) is 1.17. The Hall–Kier alpha value is -1.72. The van der Waals surface area contributed by atoms with Gasteiger partial charge in [-0.15, -0.1) is 0 Å². The molecule has 72 valence electrons. The van der Waals surface area contributed by atoms with Crippen molar-refractivity contribution in [2.45, 2.75) is 20.0 Å². The average Bonchev–Trinajstić information content (AvgIpc) is 2.26. The van der Waals surface area contributed by atoms with Crippen LogP contribution in [-0.2, 0) is 0 Å². The van der Waals surface area contributed by atoms with Crippen LogP contribution in [0.3, 0.4) is 0 Å². The van der Waals surface area contributed by atoms with E-state index in [1.165, 1.54) is 13.1 Å². The Balaban J connectivity index is 2.91. The molecule has 1 heterocycles. The minimum absolute atomic E-state index is 0.405. The predicted molar refractivity (Wildman–Crippen MR) is 42.9 cm³/mol. The summed E-state index contributed by atoms with van der Waals surface area (Å²) >= 11 is 0. The smallest absolute Gasteiger partial charge is 0.413 e. The lowest BCUT2D eigenvalue weighted by Gasteiger charge is -2.23. The first-order valence-electron chi connectivity index (χ1n) is 3.67. The quantitative estimate of drug-likeness (QED) is 0.594. The van der Waals surface area contributed by atoms with Gasteiger partial charge in [-0.3, -0.25) is 9.80 Å². The zero-order valence-electron chi connectivity index (χ0n) is 7.26. The Morgan fingerprint density at radius 2 is 1.92 bits per heavy atom. The summed E-state index contributed by atoms with van der Waals surface area (Å²) in [5.74, 6) is 0. The van der Waals surface area contributed by atoms with Gasteiger partial charge in [-0.25, -0.2) is 9.59 Å². The molecule has 0 aromatic carbocycles. The molecule has 1 atom stereocenters. The molecule has 0 spiro atoms. The topological polar surface area (TPSA) is 81.1 Å². The van der Waals surface area contributed by atoms with E-state index in [1.807, 2.05) is 0 Å². The molecule has 6 nitrogen and oxygen atoms in total. The van der Waals surface area contributed by atoms with Gasteiger partial charge in [-0.05, 0) is 13.8 Å². The largest absolute Gasteiger partial charge is 0.465 e. The van der Waals surface area contributed by atoms with Crippen molar-refractivity contribution in [3.05, 3.63) is 11.9 Å². The standard InChI is InChI=1S/C7H10N2O4/c1-4-3-8(6(10)11)5(2)9(4)7(12)13/h3,5H,1-2H3,(H,10,11)(H,12,13). The second-order valence-corrected chi connectivity index (χ2v) is 2.74. The third kappa shape index (κ3) is 1.42. The van der Waals surface area contributed by atoms with Crippen LogP contribution in [0.1, 0.15) is 13.8 Å². The first-order valence-corrected chi connectivity index (χ1v) is 3.67. The summed E-state index contributed by atoms with van der Waals surface area (Å²) < 4.78 is 0. The van der Waals surface area contributed by atoms with Gasteiger partial charge in [-0.2, -0.15) is 0 Å². The van der Waals surface area contributed by atoms with Gasteiger partial charge in [0.1, 0.15) is 6.17 Å². The van der Waals surface area contributed by atoms with E-state index in [9.17, 15) is 9.59 Å². The van der Waals surface area contributed by atoms with Crippen molar-refractivity contribution >= 4 is 12.2 Å². The summed E-state index contributed by atoms with van der Waals surface area (Å²) in [5, 5.41) is 17.4. The molecule has 0 aliphatic carbocycles. The van der Waals surface area contributed by atoms with Crippen molar-refractivity contribution in [2.24, 2.45) is 0 Å². The monoisotopic (exact) mass is 186 g/mol. The number of hydrogen-bond acceptors (Lipinski definition) is 2. The molecule has 6 heteroatoms. The summed E-state index contributed by atoms with van der Waals surface area (Å²) in [5.41, 5.74) is 0.405. The Morgan fingerprint density at radius 3 is 2.15 bits per heavy atom. The van der Waals surface area contributed by atoms with Gasteiger partial charge in [0.25, 0.3) is 0 Å². The van der Waals surface area contributed by atoms with E-state index >= 15 is 0 Å². The van der Waals surface area contributed by atoms with E-state index in [4.69, 9.17) is 10.2 Å². The van der Waals surface area contributed by atoms with Crippen molar-refractivity contribution in [1.82, 2.24) is 9.80 Å². The molecule has 0 fully saturated rings. The first-order chi connectivity index (χ1) is 5.95. The molecule has 1 rings (SSSR count). The summed E-state index contributed by atoms with van der Waals surface area (Å²) in [6.07, 6.45) is -1.70. The molecule has 0 bridgehead atoms. The molecule has 13 heavy (non-hydrogen) atoms. The van der Waals surface area contributed by atoms with E-state index in [0.29, 0.717) is 5.70 Å². The lowest BCUT2D eigenvalue weighted by Crippen LogP contribution is -2.41. The third-order valence-corrected chi connectivity index (χ3v) is 1.91. The van der Waals surface area contributed by atoms with Crippen LogP contribution in [0.15, 0.2) is 11.9 Å². The van der Waals surface area contributed by atoms with Crippen molar-refractivity contribution in [3.8, 4) is 0 Å². The van der Waals surface area contributed by atoms with Crippen LogP contribution >= 0.6 is 0 Å². The Labute approximate surface area is 74.7 Å². The maximum Gasteiger partial charge on any atom is 0.413 e. The highest BCUT2D eigenvalue weighted by Crippen LogP contribution is 2.21.